The zero-order valence-electron chi connectivity index (χ0n) is 18.8. The molecule has 11 nitrogen and oxygen atoms in total. The first-order valence-electron chi connectivity index (χ1n) is 11.5. The third-order valence-electron chi connectivity index (χ3n) is 6.45. The summed E-state index contributed by atoms with van der Waals surface area (Å²) in [5, 5.41) is 22.6. The fraction of sp³-hybridized carbons (Fsp3) is 0.292. The van der Waals surface area contributed by atoms with E-state index in [0.717, 1.165) is 18.4 Å². The van der Waals surface area contributed by atoms with Crippen LogP contribution in [-0.2, 0) is 4.79 Å². The number of nitrogens with two attached hydrogens (primary N) is 1. The van der Waals surface area contributed by atoms with Gasteiger partial charge in [0, 0.05) is 6.04 Å². The molecule has 35 heavy (non-hydrogen) atoms. The van der Waals surface area contributed by atoms with Crippen LogP contribution in [0.2, 0.25) is 0 Å². The fourth-order valence-electron chi connectivity index (χ4n) is 4.67. The Morgan fingerprint density at radius 2 is 1.89 bits per heavy atom. The third kappa shape index (κ3) is 3.79. The SMILES string of the molecule is Nc1nc2c(cnn2C(C(=O)N[C@H]2CC[C@@H](O)CC2)c2ccccc2)c2nc(-c3ccco3)nn12. The molecule has 0 spiro atoms. The number of furan rings is 1. The molecule has 0 radical (unpaired) electrons. The summed E-state index contributed by atoms with van der Waals surface area (Å²) in [4.78, 5) is 22.7. The Labute approximate surface area is 199 Å². The van der Waals surface area contributed by atoms with Crippen molar-refractivity contribution in [2.24, 2.45) is 0 Å². The number of nitrogens with zero attached hydrogens (tertiary/aromatic N) is 6. The molecule has 0 bridgehead atoms. The second kappa shape index (κ2) is 8.51. The Kier molecular flexibility index (Phi) is 5.18. The van der Waals surface area contributed by atoms with Crippen LogP contribution in [0.15, 0.2) is 59.3 Å². The molecule has 1 fully saturated rings. The van der Waals surface area contributed by atoms with E-state index in [9.17, 15) is 9.90 Å². The van der Waals surface area contributed by atoms with Crippen molar-refractivity contribution in [1.82, 2.24) is 34.7 Å². The Morgan fingerprint density at radius 3 is 2.63 bits per heavy atom. The van der Waals surface area contributed by atoms with E-state index in [1.54, 1.807) is 29.3 Å². The monoisotopic (exact) mass is 472 g/mol. The number of anilines is 1. The van der Waals surface area contributed by atoms with Gasteiger partial charge in [-0.3, -0.25) is 4.79 Å². The number of carbonyl (C=O) groups excluding carboxylic acids is 1. The highest BCUT2D eigenvalue weighted by Gasteiger charge is 2.30. The number of amides is 1. The lowest BCUT2D eigenvalue weighted by atomic mass is 9.92. The molecule has 1 saturated carbocycles. The number of benzene rings is 1. The maximum atomic E-state index is 13.6. The fourth-order valence-corrected chi connectivity index (χ4v) is 4.67. The minimum absolute atomic E-state index is 0.00368. The summed E-state index contributed by atoms with van der Waals surface area (Å²) >= 11 is 0. The molecule has 1 amide bonds. The van der Waals surface area contributed by atoms with Crippen molar-refractivity contribution in [2.75, 3.05) is 5.73 Å². The van der Waals surface area contributed by atoms with Crippen LogP contribution in [0.3, 0.4) is 0 Å². The second-order valence-corrected chi connectivity index (χ2v) is 8.77. The third-order valence-corrected chi connectivity index (χ3v) is 6.45. The van der Waals surface area contributed by atoms with Gasteiger partial charge in [-0.1, -0.05) is 30.3 Å². The van der Waals surface area contributed by atoms with Crippen molar-refractivity contribution in [1.29, 1.82) is 0 Å². The van der Waals surface area contributed by atoms with Gasteiger partial charge in [0.15, 0.2) is 23.1 Å². The first kappa shape index (κ1) is 21.3. The Bertz CT molecular complexity index is 1480. The van der Waals surface area contributed by atoms with Gasteiger partial charge in [-0.15, -0.1) is 5.10 Å². The van der Waals surface area contributed by atoms with Crippen molar-refractivity contribution in [3.05, 3.63) is 60.5 Å². The number of carbonyl (C=O) groups is 1. The summed E-state index contributed by atoms with van der Waals surface area (Å²) in [6, 6.07) is 12.2. The first-order chi connectivity index (χ1) is 17.1. The zero-order valence-corrected chi connectivity index (χ0v) is 18.8. The molecule has 6 rings (SSSR count). The molecule has 1 atom stereocenters. The van der Waals surface area contributed by atoms with Crippen LogP contribution < -0.4 is 11.1 Å². The number of rotatable bonds is 5. The molecule has 11 heteroatoms. The van der Waals surface area contributed by atoms with Gasteiger partial charge in [-0.2, -0.15) is 14.6 Å². The highest BCUT2D eigenvalue weighted by atomic mass is 16.3. The lowest BCUT2D eigenvalue weighted by Gasteiger charge is -2.28. The predicted molar refractivity (Wildman–Crippen MR) is 127 cm³/mol. The minimum Gasteiger partial charge on any atom is -0.461 e. The quantitative estimate of drug-likeness (QED) is 0.353. The van der Waals surface area contributed by atoms with Gasteiger partial charge in [0.05, 0.1) is 24.0 Å². The molecular weight excluding hydrogens is 448 g/mol. The summed E-state index contributed by atoms with van der Waals surface area (Å²) in [6.45, 7) is 0. The normalized spacial score (nSPS) is 19.2. The van der Waals surface area contributed by atoms with Crippen LogP contribution in [0, 0.1) is 0 Å². The molecule has 4 heterocycles. The maximum Gasteiger partial charge on any atom is 0.249 e. The van der Waals surface area contributed by atoms with Gasteiger partial charge in [0.1, 0.15) is 0 Å². The predicted octanol–water partition coefficient (Wildman–Crippen LogP) is 2.33. The lowest BCUT2D eigenvalue weighted by Crippen LogP contribution is -2.42. The van der Waals surface area contributed by atoms with Gasteiger partial charge in [-0.25, -0.2) is 9.67 Å². The van der Waals surface area contributed by atoms with Crippen LogP contribution in [-0.4, -0.2) is 52.5 Å². The van der Waals surface area contributed by atoms with Crippen molar-refractivity contribution < 1.29 is 14.3 Å². The number of aliphatic hydroxyl groups excluding tert-OH is 1. The topological polar surface area (TPSA) is 149 Å². The summed E-state index contributed by atoms with van der Waals surface area (Å²) in [5.74, 6) is 0.807. The Balaban J connectivity index is 1.44. The van der Waals surface area contributed by atoms with E-state index < -0.39 is 6.04 Å². The van der Waals surface area contributed by atoms with Gasteiger partial charge < -0.3 is 20.6 Å². The zero-order chi connectivity index (χ0) is 23.9. The van der Waals surface area contributed by atoms with Gasteiger partial charge in [-0.05, 0) is 43.4 Å². The van der Waals surface area contributed by atoms with Crippen molar-refractivity contribution in [2.45, 2.75) is 43.9 Å². The average molecular weight is 473 g/mol. The Morgan fingerprint density at radius 1 is 1.09 bits per heavy atom. The van der Waals surface area contributed by atoms with Crippen LogP contribution in [0.25, 0.3) is 28.3 Å². The van der Waals surface area contributed by atoms with E-state index in [1.165, 1.54) is 4.52 Å². The number of fused-ring (bicyclic) bond motifs is 3. The molecule has 5 aromatic rings. The molecule has 4 aromatic heterocycles. The first-order valence-corrected chi connectivity index (χ1v) is 11.5. The van der Waals surface area contributed by atoms with E-state index in [2.05, 4.69) is 25.5 Å². The average Bonchev–Trinajstić information content (AvgIpc) is 3.62. The molecule has 1 unspecified atom stereocenters. The highest BCUT2D eigenvalue weighted by Crippen LogP contribution is 2.28. The number of hydrogen-bond acceptors (Lipinski definition) is 8. The number of aliphatic hydroxyl groups is 1. The van der Waals surface area contributed by atoms with Crippen molar-refractivity contribution in [3.8, 4) is 11.6 Å². The van der Waals surface area contributed by atoms with E-state index in [4.69, 9.17) is 10.2 Å². The number of hydrogen-bond donors (Lipinski definition) is 3. The Hall–Kier alpha value is -4.25. The molecule has 0 saturated heterocycles. The molecular formula is C24H24N8O3. The summed E-state index contributed by atoms with van der Waals surface area (Å²) < 4.78 is 8.44. The molecule has 1 aliphatic rings. The molecule has 1 aliphatic carbocycles. The smallest absolute Gasteiger partial charge is 0.249 e. The summed E-state index contributed by atoms with van der Waals surface area (Å²) in [5.41, 5.74) is 7.91. The lowest BCUT2D eigenvalue weighted by molar-refractivity contribution is -0.124. The van der Waals surface area contributed by atoms with Gasteiger partial charge in [0.2, 0.25) is 17.7 Å². The number of nitrogens with one attached hydrogen (secondary N) is 1. The van der Waals surface area contributed by atoms with Crippen LogP contribution in [0.5, 0.6) is 0 Å². The summed E-state index contributed by atoms with van der Waals surface area (Å²) in [7, 11) is 0. The highest BCUT2D eigenvalue weighted by molar-refractivity contribution is 5.92. The number of nitrogen functional groups attached to an aromatic ring is 1. The van der Waals surface area contributed by atoms with Gasteiger partial charge in [0.25, 0.3) is 0 Å². The van der Waals surface area contributed by atoms with E-state index in [-0.39, 0.29) is 24.0 Å². The molecule has 1 aromatic carbocycles. The standard InChI is InChI=1S/C24H24N8O3/c25-24-29-22-17(21-28-20(30-32(21)24)18-7-4-12-35-18)13-26-31(22)19(14-5-2-1-3-6-14)23(34)27-15-8-10-16(33)11-9-15/h1-7,12-13,15-16,19,33H,8-11H2,(H2,25,29)(H,27,34)/t15-,16+,19?. The second-order valence-electron chi connectivity index (χ2n) is 8.77. The van der Waals surface area contributed by atoms with Crippen LogP contribution in [0.4, 0.5) is 5.95 Å². The van der Waals surface area contributed by atoms with Crippen LogP contribution >= 0.6 is 0 Å². The minimum atomic E-state index is -0.762. The van der Waals surface area contributed by atoms with Gasteiger partial charge >= 0.3 is 0 Å². The van der Waals surface area contributed by atoms with E-state index in [0.29, 0.717) is 41.1 Å². The van der Waals surface area contributed by atoms with Crippen LogP contribution in [0.1, 0.15) is 37.3 Å². The van der Waals surface area contributed by atoms with Crippen molar-refractivity contribution >= 4 is 28.5 Å². The molecule has 0 aliphatic heterocycles. The number of aromatic nitrogens is 6. The van der Waals surface area contributed by atoms with Crippen molar-refractivity contribution in [3.63, 3.8) is 0 Å². The largest absolute Gasteiger partial charge is 0.461 e. The van der Waals surface area contributed by atoms with E-state index in [1.807, 2.05) is 30.3 Å². The summed E-state index contributed by atoms with van der Waals surface area (Å²) in [6.07, 6.45) is 5.68. The molecule has 4 N–H and O–H groups in total. The van der Waals surface area contributed by atoms with E-state index >= 15 is 0 Å². The maximum absolute atomic E-state index is 13.6. The molecule has 178 valence electrons.